The molecule has 0 aromatic heterocycles. The lowest BCUT2D eigenvalue weighted by atomic mass is 9.89. The fourth-order valence-corrected chi connectivity index (χ4v) is 4.03. The molecule has 1 aliphatic carbocycles. The Kier molecular flexibility index (Phi) is 4.83. The van der Waals surface area contributed by atoms with Gasteiger partial charge in [-0.3, -0.25) is 0 Å². The van der Waals surface area contributed by atoms with Crippen molar-refractivity contribution in [2.75, 3.05) is 6.54 Å². The second-order valence-electron chi connectivity index (χ2n) is 6.12. The van der Waals surface area contributed by atoms with Gasteiger partial charge >= 0.3 is 0 Å². The minimum absolute atomic E-state index is 0.0356. The third kappa shape index (κ3) is 4.30. The molecule has 0 saturated heterocycles. The molecule has 5 heteroatoms. The van der Waals surface area contributed by atoms with Gasteiger partial charge in [-0.05, 0) is 29.4 Å². The fourth-order valence-electron chi connectivity index (χ4n) is 2.73. The summed E-state index contributed by atoms with van der Waals surface area (Å²) in [5.41, 5.74) is 7.47. The first-order valence-electron chi connectivity index (χ1n) is 7.18. The van der Waals surface area contributed by atoms with Crippen LogP contribution in [-0.4, -0.2) is 15.0 Å². The Morgan fingerprint density at radius 1 is 1.15 bits per heavy atom. The molecular formula is C15H24N2O2S. The summed E-state index contributed by atoms with van der Waals surface area (Å²) in [6.45, 7) is 3.19. The van der Waals surface area contributed by atoms with Crippen LogP contribution in [0.1, 0.15) is 43.7 Å². The van der Waals surface area contributed by atoms with Crippen LogP contribution in [0.4, 0.5) is 0 Å². The molecule has 3 N–H and O–H groups in total. The van der Waals surface area contributed by atoms with Gasteiger partial charge < -0.3 is 5.73 Å². The number of nitrogens with one attached hydrogen (secondary N) is 1. The highest BCUT2D eigenvalue weighted by Crippen LogP contribution is 2.36. The van der Waals surface area contributed by atoms with E-state index in [1.807, 2.05) is 24.3 Å². The SMILES string of the molecule is CC1(CNS(=O)(=O)Cc2ccc(CN)cc2)CCCC1. The summed E-state index contributed by atoms with van der Waals surface area (Å²) in [5.74, 6) is 0.0356. The Balaban J connectivity index is 1.92. The first kappa shape index (κ1) is 15.5. The number of sulfonamides is 1. The molecule has 0 unspecified atom stereocenters. The molecule has 0 amide bonds. The van der Waals surface area contributed by atoms with Gasteiger partial charge in [-0.2, -0.15) is 0 Å². The third-order valence-corrected chi connectivity index (χ3v) is 5.44. The maximum Gasteiger partial charge on any atom is 0.215 e. The van der Waals surface area contributed by atoms with E-state index in [1.54, 1.807) is 0 Å². The number of hydrogen-bond acceptors (Lipinski definition) is 3. The molecule has 2 rings (SSSR count). The summed E-state index contributed by atoms with van der Waals surface area (Å²) in [4.78, 5) is 0. The van der Waals surface area contributed by atoms with Gasteiger partial charge in [-0.15, -0.1) is 0 Å². The van der Waals surface area contributed by atoms with Gasteiger partial charge in [-0.25, -0.2) is 13.1 Å². The second-order valence-corrected chi connectivity index (χ2v) is 7.93. The smallest absolute Gasteiger partial charge is 0.215 e. The standard InChI is InChI=1S/C15H24N2O2S/c1-15(8-2-3-9-15)12-17-20(18,19)11-14-6-4-13(10-16)5-7-14/h4-7,17H,2-3,8-12,16H2,1H3. The molecule has 20 heavy (non-hydrogen) atoms. The summed E-state index contributed by atoms with van der Waals surface area (Å²) in [7, 11) is -3.26. The average Bonchev–Trinajstić information content (AvgIpc) is 2.85. The third-order valence-electron chi connectivity index (χ3n) is 4.14. The van der Waals surface area contributed by atoms with E-state index in [9.17, 15) is 8.42 Å². The zero-order valence-electron chi connectivity index (χ0n) is 12.1. The lowest BCUT2D eigenvalue weighted by Gasteiger charge is -2.23. The van der Waals surface area contributed by atoms with Crippen molar-refractivity contribution in [2.45, 2.75) is 44.9 Å². The monoisotopic (exact) mass is 296 g/mol. The van der Waals surface area contributed by atoms with Gasteiger partial charge in [-0.1, -0.05) is 44.0 Å². The molecule has 112 valence electrons. The quantitative estimate of drug-likeness (QED) is 0.845. The van der Waals surface area contributed by atoms with Crippen LogP contribution < -0.4 is 10.5 Å². The van der Waals surface area contributed by atoms with E-state index in [0.29, 0.717) is 13.1 Å². The van der Waals surface area contributed by atoms with Crippen LogP contribution in [0.3, 0.4) is 0 Å². The first-order valence-corrected chi connectivity index (χ1v) is 8.83. The average molecular weight is 296 g/mol. The Morgan fingerprint density at radius 2 is 1.70 bits per heavy atom. The molecule has 0 aliphatic heterocycles. The van der Waals surface area contributed by atoms with Crippen LogP contribution in [0.25, 0.3) is 0 Å². The van der Waals surface area contributed by atoms with Crippen LogP contribution in [-0.2, 0) is 22.3 Å². The van der Waals surface area contributed by atoms with Crippen LogP contribution in [0.15, 0.2) is 24.3 Å². The second kappa shape index (κ2) is 6.24. The number of rotatable bonds is 6. The van der Waals surface area contributed by atoms with Gasteiger partial charge in [0.05, 0.1) is 5.75 Å². The maximum absolute atomic E-state index is 12.1. The number of nitrogens with two attached hydrogens (primary N) is 1. The zero-order chi connectivity index (χ0) is 14.6. The zero-order valence-corrected chi connectivity index (χ0v) is 12.9. The van der Waals surface area contributed by atoms with Crippen molar-refractivity contribution in [3.63, 3.8) is 0 Å². The molecule has 0 heterocycles. The minimum atomic E-state index is -3.26. The molecule has 0 atom stereocenters. The van der Waals surface area contributed by atoms with Crippen molar-refractivity contribution in [2.24, 2.45) is 11.1 Å². The van der Waals surface area contributed by atoms with Gasteiger partial charge in [0.1, 0.15) is 0 Å². The molecule has 0 spiro atoms. The fraction of sp³-hybridized carbons (Fsp3) is 0.600. The van der Waals surface area contributed by atoms with Crippen LogP contribution >= 0.6 is 0 Å². The summed E-state index contributed by atoms with van der Waals surface area (Å²) < 4.78 is 27.0. The number of benzene rings is 1. The van der Waals surface area contributed by atoms with Crippen LogP contribution in [0.2, 0.25) is 0 Å². The predicted molar refractivity (Wildman–Crippen MR) is 81.5 cm³/mol. The van der Waals surface area contributed by atoms with Crippen molar-refractivity contribution < 1.29 is 8.42 Å². The maximum atomic E-state index is 12.1. The van der Waals surface area contributed by atoms with Crippen molar-refractivity contribution in [3.8, 4) is 0 Å². The molecule has 1 aliphatic rings. The molecule has 1 aromatic carbocycles. The van der Waals surface area contributed by atoms with Crippen LogP contribution in [0.5, 0.6) is 0 Å². The van der Waals surface area contributed by atoms with E-state index < -0.39 is 10.0 Å². The highest BCUT2D eigenvalue weighted by Gasteiger charge is 2.29. The highest BCUT2D eigenvalue weighted by atomic mass is 32.2. The summed E-state index contributed by atoms with van der Waals surface area (Å²) >= 11 is 0. The Labute approximate surface area is 121 Å². The predicted octanol–water partition coefficient (Wildman–Crippen LogP) is 2.14. The Hall–Kier alpha value is -0.910. The van der Waals surface area contributed by atoms with Crippen molar-refractivity contribution in [3.05, 3.63) is 35.4 Å². The van der Waals surface area contributed by atoms with Gasteiger partial charge in [0.25, 0.3) is 0 Å². The summed E-state index contributed by atoms with van der Waals surface area (Å²) in [6, 6.07) is 7.42. The Bertz CT molecular complexity index is 531. The van der Waals surface area contributed by atoms with Gasteiger partial charge in [0.2, 0.25) is 10.0 Å². The van der Waals surface area contributed by atoms with E-state index in [4.69, 9.17) is 5.73 Å². The van der Waals surface area contributed by atoms with E-state index in [0.717, 1.165) is 24.0 Å². The Morgan fingerprint density at radius 3 is 2.25 bits per heavy atom. The summed E-state index contributed by atoms with van der Waals surface area (Å²) in [6.07, 6.45) is 4.64. The van der Waals surface area contributed by atoms with E-state index in [-0.39, 0.29) is 11.2 Å². The number of hydrogen-bond donors (Lipinski definition) is 2. The molecule has 1 aromatic rings. The highest BCUT2D eigenvalue weighted by molar-refractivity contribution is 7.88. The lowest BCUT2D eigenvalue weighted by molar-refractivity contribution is 0.336. The van der Waals surface area contributed by atoms with Crippen LogP contribution in [0, 0.1) is 5.41 Å². The molecular weight excluding hydrogens is 272 g/mol. The largest absolute Gasteiger partial charge is 0.326 e. The summed E-state index contributed by atoms with van der Waals surface area (Å²) in [5, 5.41) is 0. The van der Waals surface area contributed by atoms with Gasteiger partial charge in [0.15, 0.2) is 0 Å². The normalized spacial score (nSPS) is 18.3. The first-order chi connectivity index (χ1) is 9.42. The van der Waals surface area contributed by atoms with Crippen molar-refractivity contribution in [1.82, 2.24) is 4.72 Å². The molecule has 0 radical (unpaired) electrons. The molecule has 4 nitrogen and oxygen atoms in total. The van der Waals surface area contributed by atoms with E-state index >= 15 is 0 Å². The van der Waals surface area contributed by atoms with Crippen molar-refractivity contribution >= 4 is 10.0 Å². The lowest BCUT2D eigenvalue weighted by Crippen LogP contribution is -2.34. The van der Waals surface area contributed by atoms with E-state index in [1.165, 1.54) is 12.8 Å². The topological polar surface area (TPSA) is 72.2 Å². The molecule has 0 bridgehead atoms. The van der Waals surface area contributed by atoms with Crippen molar-refractivity contribution in [1.29, 1.82) is 0 Å². The van der Waals surface area contributed by atoms with Gasteiger partial charge in [0, 0.05) is 13.1 Å². The molecule has 1 saturated carbocycles. The molecule has 1 fully saturated rings. The minimum Gasteiger partial charge on any atom is -0.326 e. The van der Waals surface area contributed by atoms with E-state index in [2.05, 4.69) is 11.6 Å².